The Morgan fingerprint density at radius 1 is 1.30 bits per heavy atom. The van der Waals surface area contributed by atoms with Crippen LogP contribution in [0.1, 0.15) is 15.9 Å². The van der Waals surface area contributed by atoms with Crippen LogP contribution >= 0.6 is 34.4 Å². The lowest BCUT2D eigenvalue weighted by atomic mass is 10.2. The fraction of sp³-hybridized carbons (Fsp3) is 0.105. The summed E-state index contributed by atoms with van der Waals surface area (Å²) in [7, 11) is 3.26. The van der Waals surface area contributed by atoms with Gasteiger partial charge in [0, 0.05) is 7.05 Å². The molecule has 1 fully saturated rings. The molecule has 0 radical (unpaired) electrons. The van der Waals surface area contributed by atoms with Gasteiger partial charge in [-0.05, 0) is 76.3 Å². The molecule has 1 saturated heterocycles. The van der Waals surface area contributed by atoms with E-state index in [2.05, 4.69) is 27.6 Å². The number of benzene rings is 2. The average molecular weight is 494 g/mol. The van der Waals surface area contributed by atoms with E-state index in [0.717, 1.165) is 14.9 Å². The Labute approximate surface area is 174 Å². The van der Waals surface area contributed by atoms with E-state index in [4.69, 9.17) is 9.84 Å². The Hall–Kier alpha value is -2.33. The lowest BCUT2D eigenvalue weighted by Crippen LogP contribution is -2.23. The molecular formula is C19H15IN2O4S. The fourth-order valence-electron chi connectivity index (χ4n) is 2.39. The molecule has 3 rings (SSSR count). The second-order valence-corrected chi connectivity index (χ2v) is 7.79. The van der Waals surface area contributed by atoms with Gasteiger partial charge in [-0.25, -0.2) is 9.79 Å². The fourth-order valence-corrected chi connectivity index (χ4v) is 4.14. The predicted molar refractivity (Wildman–Crippen MR) is 115 cm³/mol. The molecular weight excluding hydrogens is 479 g/mol. The number of carbonyl (C=O) groups excluding carboxylic acids is 1. The number of likely N-dealkylation sites (N-methyl/N-ethyl adjacent to an activating group) is 1. The molecule has 0 spiro atoms. The van der Waals surface area contributed by atoms with Gasteiger partial charge in [-0.2, -0.15) is 0 Å². The van der Waals surface area contributed by atoms with Crippen LogP contribution in [0.15, 0.2) is 52.4 Å². The number of aliphatic imine (C=N–C) groups is 1. The van der Waals surface area contributed by atoms with E-state index < -0.39 is 5.97 Å². The number of carboxylic acids is 1. The van der Waals surface area contributed by atoms with Crippen molar-refractivity contribution in [3.05, 3.63) is 62.1 Å². The smallest absolute Gasteiger partial charge is 0.335 e. The number of aromatic carboxylic acids is 1. The van der Waals surface area contributed by atoms with E-state index in [0.29, 0.717) is 15.8 Å². The predicted octanol–water partition coefficient (Wildman–Crippen LogP) is 4.23. The van der Waals surface area contributed by atoms with E-state index in [1.807, 2.05) is 18.2 Å². The molecule has 27 heavy (non-hydrogen) atoms. The van der Waals surface area contributed by atoms with Crippen molar-refractivity contribution >= 4 is 63.2 Å². The minimum absolute atomic E-state index is 0.150. The van der Waals surface area contributed by atoms with Crippen molar-refractivity contribution in [2.45, 2.75) is 0 Å². The molecule has 1 N–H and O–H groups in total. The first kappa shape index (κ1) is 19.4. The van der Waals surface area contributed by atoms with Crippen molar-refractivity contribution < 1.29 is 19.4 Å². The second-order valence-electron chi connectivity index (χ2n) is 5.62. The van der Waals surface area contributed by atoms with Crippen molar-refractivity contribution in [2.75, 3.05) is 14.2 Å². The van der Waals surface area contributed by atoms with Crippen molar-refractivity contribution in [2.24, 2.45) is 4.99 Å². The molecule has 6 nitrogen and oxygen atoms in total. The van der Waals surface area contributed by atoms with E-state index in [9.17, 15) is 9.59 Å². The van der Waals surface area contributed by atoms with Gasteiger partial charge in [0.25, 0.3) is 5.91 Å². The van der Waals surface area contributed by atoms with Gasteiger partial charge in [-0.1, -0.05) is 12.1 Å². The van der Waals surface area contributed by atoms with Crippen LogP contribution in [0, 0.1) is 3.57 Å². The second kappa shape index (κ2) is 8.13. The summed E-state index contributed by atoms with van der Waals surface area (Å²) in [5.41, 5.74) is 1.52. The number of ether oxygens (including phenoxy) is 1. The number of amides is 1. The lowest BCUT2D eigenvalue weighted by molar-refractivity contribution is -0.121. The molecule has 1 amide bonds. The van der Waals surface area contributed by atoms with Crippen LogP contribution in [-0.2, 0) is 4.79 Å². The molecule has 2 aromatic carbocycles. The summed E-state index contributed by atoms with van der Waals surface area (Å²) in [5.74, 6) is -0.393. The molecule has 0 unspecified atom stereocenters. The van der Waals surface area contributed by atoms with Crippen molar-refractivity contribution in [3.63, 3.8) is 0 Å². The van der Waals surface area contributed by atoms with Crippen LogP contribution in [0.5, 0.6) is 5.75 Å². The van der Waals surface area contributed by atoms with Crippen LogP contribution in [-0.4, -0.2) is 41.2 Å². The van der Waals surface area contributed by atoms with Crippen molar-refractivity contribution in [3.8, 4) is 5.75 Å². The normalized spacial score (nSPS) is 17.0. The van der Waals surface area contributed by atoms with Crippen molar-refractivity contribution in [1.82, 2.24) is 4.90 Å². The number of rotatable bonds is 4. The minimum atomic E-state index is -1.02. The summed E-state index contributed by atoms with van der Waals surface area (Å²) < 4.78 is 6.20. The first-order valence-electron chi connectivity index (χ1n) is 7.82. The zero-order chi connectivity index (χ0) is 19.6. The highest BCUT2D eigenvalue weighted by Crippen LogP contribution is 2.34. The maximum absolute atomic E-state index is 12.5. The highest BCUT2D eigenvalue weighted by Gasteiger charge is 2.30. The molecule has 0 atom stereocenters. The quantitative estimate of drug-likeness (QED) is 0.509. The van der Waals surface area contributed by atoms with Crippen LogP contribution in [0.2, 0.25) is 0 Å². The topological polar surface area (TPSA) is 79.2 Å². The highest BCUT2D eigenvalue weighted by molar-refractivity contribution is 14.1. The molecule has 8 heteroatoms. The number of hydrogen-bond acceptors (Lipinski definition) is 5. The summed E-state index contributed by atoms with van der Waals surface area (Å²) in [5, 5.41) is 9.59. The molecule has 0 saturated carbocycles. The molecule has 0 bridgehead atoms. The third-order valence-electron chi connectivity index (χ3n) is 3.80. The van der Waals surface area contributed by atoms with E-state index >= 15 is 0 Å². The Morgan fingerprint density at radius 3 is 2.74 bits per heavy atom. The van der Waals surface area contributed by atoms with Gasteiger partial charge >= 0.3 is 5.97 Å². The number of nitrogens with zero attached hydrogens (tertiary/aromatic N) is 2. The van der Waals surface area contributed by atoms with E-state index in [1.165, 1.54) is 28.8 Å². The van der Waals surface area contributed by atoms with Crippen LogP contribution in [0.25, 0.3) is 6.08 Å². The number of amidine groups is 1. The van der Waals surface area contributed by atoms with Gasteiger partial charge < -0.3 is 9.84 Å². The first-order valence-corrected chi connectivity index (χ1v) is 9.72. The number of thioether (sulfide) groups is 1. The van der Waals surface area contributed by atoms with Crippen LogP contribution < -0.4 is 4.74 Å². The van der Waals surface area contributed by atoms with Gasteiger partial charge in [0.15, 0.2) is 5.17 Å². The number of carbonyl (C=O) groups is 2. The van der Waals surface area contributed by atoms with Gasteiger partial charge in [-0.15, -0.1) is 0 Å². The summed E-state index contributed by atoms with van der Waals surface area (Å²) in [4.78, 5) is 30.1. The van der Waals surface area contributed by atoms with Gasteiger partial charge in [-0.3, -0.25) is 9.69 Å². The number of carboxylic acid groups (broad SMARTS) is 1. The number of methoxy groups -OCH3 is 1. The summed E-state index contributed by atoms with van der Waals surface area (Å²) in [6.07, 6.45) is 1.81. The zero-order valence-corrected chi connectivity index (χ0v) is 17.4. The summed E-state index contributed by atoms with van der Waals surface area (Å²) in [6.45, 7) is 0. The third-order valence-corrected chi connectivity index (χ3v) is 5.70. The maximum Gasteiger partial charge on any atom is 0.335 e. The van der Waals surface area contributed by atoms with Gasteiger partial charge in [0.2, 0.25) is 0 Å². The molecule has 1 heterocycles. The molecule has 1 aliphatic rings. The maximum atomic E-state index is 12.5. The molecule has 0 aliphatic carbocycles. The SMILES string of the molecule is COc1ccc(/C=C2/SC(=Nc3cccc(C(=O)O)c3)N(C)C2=O)cc1I. The molecule has 1 aliphatic heterocycles. The molecule has 2 aromatic rings. The highest BCUT2D eigenvalue weighted by atomic mass is 127. The van der Waals surface area contributed by atoms with Crippen LogP contribution in [0.3, 0.4) is 0 Å². The number of halogens is 1. The van der Waals surface area contributed by atoms with Gasteiger partial charge in [0.1, 0.15) is 5.75 Å². The van der Waals surface area contributed by atoms with Crippen molar-refractivity contribution in [1.29, 1.82) is 0 Å². The Balaban J connectivity index is 1.89. The zero-order valence-electron chi connectivity index (χ0n) is 14.5. The molecule has 138 valence electrons. The van der Waals surface area contributed by atoms with Crippen LogP contribution in [0.4, 0.5) is 5.69 Å². The molecule has 0 aromatic heterocycles. The summed E-state index contributed by atoms with van der Waals surface area (Å²) in [6, 6.07) is 12.0. The van der Waals surface area contributed by atoms with Gasteiger partial charge in [0.05, 0.1) is 26.8 Å². The number of hydrogen-bond donors (Lipinski definition) is 1. The standard InChI is InChI=1S/C19H15IN2O4S/c1-22-17(23)16(9-11-6-7-15(26-2)14(20)8-11)27-19(22)21-13-5-3-4-12(10-13)18(24)25/h3-10H,1-2H3,(H,24,25)/b16-9+,21-19?. The first-order chi connectivity index (χ1) is 12.9. The Morgan fingerprint density at radius 2 is 2.07 bits per heavy atom. The largest absolute Gasteiger partial charge is 0.496 e. The summed E-state index contributed by atoms with van der Waals surface area (Å²) >= 11 is 3.43. The minimum Gasteiger partial charge on any atom is -0.496 e. The van der Waals surface area contributed by atoms with E-state index in [1.54, 1.807) is 32.4 Å². The van der Waals surface area contributed by atoms with E-state index in [-0.39, 0.29) is 11.5 Å². The third kappa shape index (κ3) is 4.33. The Kier molecular flexibility index (Phi) is 5.85. The lowest BCUT2D eigenvalue weighted by Gasteiger charge is -2.07. The average Bonchev–Trinajstić information content (AvgIpc) is 2.90. The monoisotopic (exact) mass is 494 g/mol. The Bertz CT molecular complexity index is 987.